The van der Waals surface area contributed by atoms with Gasteiger partial charge in [-0.05, 0) is 84.7 Å². The molecule has 2 aromatic heterocycles. The highest BCUT2D eigenvalue weighted by Crippen LogP contribution is 2.34. The molecule has 37 heavy (non-hydrogen) atoms. The van der Waals surface area contributed by atoms with Gasteiger partial charge in [0.1, 0.15) is 6.04 Å². The number of aromatic amines is 1. The van der Waals surface area contributed by atoms with Crippen LogP contribution in [0.1, 0.15) is 98.8 Å². The number of nitrogens with zero attached hydrogens (tertiary/aromatic N) is 6. The van der Waals surface area contributed by atoms with E-state index in [1.165, 1.54) is 62.5 Å². The van der Waals surface area contributed by atoms with Crippen molar-refractivity contribution < 1.29 is 0 Å². The first-order valence-corrected chi connectivity index (χ1v) is 14.5. The molecule has 1 aromatic carbocycles. The fraction of sp³-hybridized carbons (Fsp3) is 0.655. The molecule has 0 spiro atoms. The summed E-state index contributed by atoms with van der Waals surface area (Å²) in [5, 5.41) is 14.3. The molecule has 3 fully saturated rings. The van der Waals surface area contributed by atoms with Crippen LogP contribution in [-0.4, -0.2) is 67.2 Å². The van der Waals surface area contributed by atoms with Crippen LogP contribution in [0.4, 0.5) is 0 Å². The second-order valence-corrected chi connectivity index (χ2v) is 11.6. The summed E-state index contributed by atoms with van der Waals surface area (Å²) < 4.78 is 2.06. The highest BCUT2D eigenvalue weighted by molar-refractivity contribution is 5.81. The number of piperazine rings is 1. The number of hydrogen-bond acceptors (Lipinski definition) is 6. The van der Waals surface area contributed by atoms with E-state index >= 15 is 0 Å². The molecule has 3 heterocycles. The van der Waals surface area contributed by atoms with Gasteiger partial charge in [0.2, 0.25) is 0 Å². The lowest BCUT2D eigenvalue weighted by atomic mass is 9.93. The Balaban J connectivity index is 1.37. The maximum absolute atomic E-state index is 13.6. The second-order valence-electron chi connectivity index (χ2n) is 11.6. The third-order valence-corrected chi connectivity index (χ3v) is 9.27. The fourth-order valence-corrected chi connectivity index (χ4v) is 6.97. The summed E-state index contributed by atoms with van der Waals surface area (Å²) in [7, 11) is 0. The number of aromatic nitrogens is 5. The van der Waals surface area contributed by atoms with Crippen LogP contribution >= 0.6 is 0 Å². The molecule has 1 N–H and O–H groups in total. The van der Waals surface area contributed by atoms with Gasteiger partial charge < -0.3 is 4.98 Å². The summed E-state index contributed by atoms with van der Waals surface area (Å²) in [5.74, 6) is 0.826. The minimum absolute atomic E-state index is 0.0337. The van der Waals surface area contributed by atoms with E-state index in [1.807, 2.05) is 0 Å². The molecule has 0 amide bonds. The normalized spacial score (nSPS) is 22.0. The van der Waals surface area contributed by atoms with Gasteiger partial charge >= 0.3 is 0 Å². The van der Waals surface area contributed by atoms with Crippen LogP contribution in [0.3, 0.4) is 0 Å². The van der Waals surface area contributed by atoms with Crippen molar-refractivity contribution in [2.24, 2.45) is 0 Å². The molecule has 0 radical (unpaired) electrons. The quantitative estimate of drug-likeness (QED) is 0.545. The molecule has 2 aliphatic carbocycles. The first-order valence-electron chi connectivity index (χ1n) is 14.5. The Labute approximate surface area is 219 Å². The van der Waals surface area contributed by atoms with Crippen LogP contribution in [0, 0.1) is 13.8 Å². The van der Waals surface area contributed by atoms with Gasteiger partial charge in [-0.3, -0.25) is 14.6 Å². The van der Waals surface area contributed by atoms with Gasteiger partial charge in [0, 0.05) is 43.3 Å². The van der Waals surface area contributed by atoms with Crippen LogP contribution in [-0.2, 0) is 0 Å². The number of hydrogen-bond donors (Lipinski definition) is 1. The number of H-pyrrole nitrogens is 1. The van der Waals surface area contributed by atoms with Crippen molar-refractivity contribution in [3.63, 3.8) is 0 Å². The predicted octanol–water partition coefficient (Wildman–Crippen LogP) is 4.68. The summed E-state index contributed by atoms with van der Waals surface area (Å²) in [5.41, 5.74) is 4.04. The van der Waals surface area contributed by atoms with Gasteiger partial charge in [0.15, 0.2) is 5.82 Å². The number of nitrogens with one attached hydrogen (secondary N) is 1. The van der Waals surface area contributed by atoms with Gasteiger partial charge in [0.05, 0.1) is 6.04 Å². The Bertz CT molecular complexity index is 1280. The van der Waals surface area contributed by atoms with Crippen molar-refractivity contribution in [1.29, 1.82) is 0 Å². The van der Waals surface area contributed by atoms with E-state index < -0.39 is 0 Å². The third-order valence-electron chi connectivity index (χ3n) is 9.27. The fourth-order valence-electron chi connectivity index (χ4n) is 6.97. The summed E-state index contributed by atoms with van der Waals surface area (Å²) in [4.78, 5) is 22.0. The van der Waals surface area contributed by atoms with Crippen LogP contribution in [0.15, 0.2) is 23.0 Å². The average Bonchev–Trinajstić information content (AvgIpc) is 3.41. The average molecular weight is 504 g/mol. The van der Waals surface area contributed by atoms with Gasteiger partial charge in [-0.25, -0.2) is 4.68 Å². The molecular weight excluding hydrogens is 462 g/mol. The maximum Gasteiger partial charge on any atom is 0.253 e. The number of rotatable bonds is 5. The molecule has 1 atom stereocenters. The first-order chi connectivity index (χ1) is 18.1. The van der Waals surface area contributed by atoms with Crippen molar-refractivity contribution in [3.8, 4) is 0 Å². The molecule has 3 aliphatic rings. The van der Waals surface area contributed by atoms with Crippen LogP contribution in [0.2, 0.25) is 0 Å². The molecule has 6 rings (SSSR count). The molecule has 2 saturated carbocycles. The van der Waals surface area contributed by atoms with E-state index in [0.717, 1.165) is 67.4 Å². The number of aryl methyl sites for hydroxylation is 2. The van der Waals surface area contributed by atoms with E-state index in [2.05, 4.69) is 67.0 Å². The highest BCUT2D eigenvalue weighted by Gasteiger charge is 2.35. The molecule has 0 bridgehead atoms. The van der Waals surface area contributed by atoms with Gasteiger partial charge in [0.25, 0.3) is 5.56 Å². The Hall–Kier alpha value is -2.58. The smallest absolute Gasteiger partial charge is 0.253 e. The van der Waals surface area contributed by atoms with Gasteiger partial charge in [-0.2, -0.15) is 0 Å². The minimum atomic E-state index is -0.250. The van der Waals surface area contributed by atoms with Gasteiger partial charge in [-0.1, -0.05) is 38.5 Å². The summed E-state index contributed by atoms with van der Waals surface area (Å²) >= 11 is 0. The van der Waals surface area contributed by atoms with Gasteiger partial charge in [-0.15, -0.1) is 5.10 Å². The number of fused-ring (bicyclic) bond motifs is 1. The zero-order valence-electron chi connectivity index (χ0n) is 22.5. The zero-order valence-corrected chi connectivity index (χ0v) is 22.5. The molecule has 1 unspecified atom stereocenters. The molecular formula is C29H41N7O. The minimum Gasteiger partial charge on any atom is -0.322 e. The van der Waals surface area contributed by atoms with Crippen molar-refractivity contribution in [3.05, 3.63) is 51.1 Å². The van der Waals surface area contributed by atoms with Crippen molar-refractivity contribution in [2.75, 3.05) is 26.2 Å². The molecule has 198 valence electrons. The van der Waals surface area contributed by atoms with E-state index in [4.69, 9.17) is 0 Å². The topological polar surface area (TPSA) is 82.9 Å². The van der Waals surface area contributed by atoms with Crippen molar-refractivity contribution >= 4 is 10.9 Å². The van der Waals surface area contributed by atoms with Crippen molar-refractivity contribution in [1.82, 2.24) is 35.0 Å². The van der Waals surface area contributed by atoms with Crippen molar-refractivity contribution in [2.45, 2.75) is 96.2 Å². The van der Waals surface area contributed by atoms with E-state index in [1.54, 1.807) is 0 Å². The number of pyridine rings is 1. The highest BCUT2D eigenvalue weighted by atomic mass is 16.1. The zero-order chi connectivity index (χ0) is 25.4. The first kappa shape index (κ1) is 24.7. The Morgan fingerprint density at radius 2 is 1.49 bits per heavy atom. The van der Waals surface area contributed by atoms with Crippen LogP contribution < -0.4 is 5.56 Å². The maximum atomic E-state index is 13.6. The molecule has 1 saturated heterocycles. The summed E-state index contributed by atoms with van der Waals surface area (Å²) in [6, 6.07) is 7.15. The van der Waals surface area contributed by atoms with Crippen LogP contribution in [0.5, 0.6) is 0 Å². The number of tetrazole rings is 1. The molecule has 8 heteroatoms. The largest absolute Gasteiger partial charge is 0.322 e. The lowest BCUT2D eigenvalue weighted by Gasteiger charge is -2.43. The van der Waals surface area contributed by atoms with E-state index in [9.17, 15) is 4.79 Å². The Kier molecular flexibility index (Phi) is 7.12. The Morgan fingerprint density at radius 1 is 0.838 bits per heavy atom. The second kappa shape index (κ2) is 10.7. The SMILES string of the molecule is Cc1cc2cc(C(c3nnnn3C3CCCCC3)N3CCN(C4CCCCC4)CC3)c(=O)[nH]c2cc1C. The van der Waals surface area contributed by atoms with E-state index in [-0.39, 0.29) is 11.6 Å². The number of benzene rings is 1. The monoisotopic (exact) mass is 503 g/mol. The molecule has 1 aliphatic heterocycles. The Morgan fingerprint density at radius 3 is 2.19 bits per heavy atom. The predicted molar refractivity (Wildman–Crippen MR) is 146 cm³/mol. The molecule has 3 aromatic rings. The summed E-state index contributed by atoms with van der Waals surface area (Å²) in [6.45, 7) is 8.14. The lowest BCUT2D eigenvalue weighted by molar-refractivity contribution is 0.0610. The summed E-state index contributed by atoms with van der Waals surface area (Å²) in [6.07, 6.45) is 12.7. The standard InChI is InChI=1S/C29H41N7O/c1-20-17-22-19-25(29(37)30-26(22)18-21(20)2)27(28-31-32-33-36(28)24-11-7-4-8-12-24)35-15-13-34(14-16-35)23-9-5-3-6-10-23/h17-19,23-24,27H,3-16H2,1-2H3,(H,30,37). The van der Waals surface area contributed by atoms with E-state index in [0.29, 0.717) is 6.04 Å². The lowest BCUT2D eigenvalue weighted by Crippen LogP contribution is -2.52. The molecule has 8 nitrogen and oxygen atoms in total. The third kappa shape index (κ3) is 4.98. The van der Waals surface area contributed by atoms with Crippen LogP contribution in [0.25, 0.3) is 10.9 Å².